The molecule has 3 heterocycles. The maximum Gasteiger partial charge on any atom is 0.433 e. The summed E-state index contributed by atoms with van der Waals surface area (Å²) >= 11 is 10.4. The van der Waals surface area contributed by atoms with Crippen LogP contribution in [0.4, 0.5) is 41.3 Å². The minimum atomic E-state index is -5.39. The minimum absolute atomic E-state index is 0.296. The summed E-state index contributed by atoms with van der Waals surface area (Å²) < 4.78 is 99.3. The Morgan fingerprint density at radius 2 is 1.85 bits per heavy atom. The van der Waals surface area contributed by atoms with Crippen LogP contribution in [0, 0.1) is 10.6 Å². The number of aromatic nitrogens is 4. The van der Waals surface area contributed by atoms with E-state index < -0.39 is 52.2 Å². The molecule has 176 valence electrons. The van der Waals surface area contributed by atoms with Gasteiger partial charge >= 0.3 is 18.4 Å². The fraction of sp³-hybridized carbons (Fsp3) is 0.176. The van der Waals surface area contributed by atoms with Crippen LogP contribution >= 0.6 is 23.8 Å². The predicted octanol–water partition coefficient (Wildman–Crippen LogP) is 5.79. The zero-order chi connectivity index (χ0) is 24.7. The highest BCUT2D eigenvalue weighted by Gasteiger charge is 2.43. The van der Waals surface area contributed by atoms with E-state index in [0.717, 1.165) is 31.6 Å². The Morgan fingerprint density at radius 3 is 2.36 bits per heavy atom. The van der Waals surface area contributed by atoms with Crippen LogP contribution in [0.2, 0.25) is 5.15 Å². The molecule has 0 aliphatic carbocycles. The number of halogens is 8. The second-order valence-corrected chi connectivity index (χ2v) is 6.95. The zero-order valence-electron chi connectivity index (χ0n) is 15.9. The van der Waals surface area contributed by atoms with E-state index in [4.69, 9.17) is 28.6 Å². The van der Waals surface area contributed by atoms with Crippen molar-refractivity contribution < 1.29 is 40.3 Å². The molecule has 3 aromatic rings. The maximum absolute atomic E-state index is 13.7. The topological polar surface area (TPSA) is 76.0 Å². The van der Waals surface area contributed by atoms with Crippen LogP contribution < -0.4 is 9.64 Å². The molecule has 33 heavy (non-hydrogen) atoms. The average molecular weight is 516 g/mol. The van der Waals surface area contributed by atoms with E-state index in [1.807, 2.05) is 0 Å². The molecule has 0 aliphatic rings. The number of hydrogen-bond acceptors (Lipinski definition) is 5. The van der Waals surface area contributed by atoms with E-state index in [1.54, 1.807) is 0 Å². The fourth-order valence-electron chi connectivity index (χ4n) is 2.47. The highest BCUT2D eigenvalue weighted by Crippen LogP contribution is 2.42. The van der Waals surface area contributed by atoms with Gasteiger partial charge in [-0.3, -0.25) is 9.47 Å². The number of aromatic amines is 1. The van der Waals surface area contributed by atoms with Gasteiger partial charge in [-0.1, -0.05) is 11.6 Å². The number of carbonyl (C=O) groups is 1. The molecule has 0 atom stereocenters. The Bertz CT molecular complexity index is 1270. The monoisotopic (exact) mass is 515 g/mol. The van der Waals surface area contributed by atoms with E-state index in [-0.39, 0.29) is 16.7 Å². The van der Waals surface area contributed by atoms with Crippen molar-refractivity contribution >= 4 is 35.7 Å². The van der Waals surface area contributed by atoms with Crippen LogP contribution in [0.15, 0.2) is 30.6 Å². The summed E-state index contributed by atoms with van der Waals surface area (Å²) in [6.45, 7) is 0. The number of carbonyl (C=O) groups excluding carboxylic acids is 1. The largest absolute Gasteiger partial charge is 0.433 e. The molecule has 1 N–H and O–H groups in total. The first-order valence-corrected chi connectivity index (χ1v) is 9.22. The van der Waals surface area contributed by atoms with Crippen molar-refractivity contribution in [3.8, 4) is 11.6 Å². The number of imidazole rings is 1. The average Bonchev–Trinajstić information content (AvgIpc) is 3.13. The van der Waals surface area contributed by atoms with Crippen molar-refractivity contribution in [2.75, 3.05) is 11.9 Å². The number of nitrogens with zero attached hydrogens (tertiary/aromatic N) is 4. The van der Waals surface area contributed by atoms with Gasteiger partial charge in [0.2, 0.25) is 0 Å². The van der Waals surface area contributed by atoms with Crippen molar-refractivity contribution in [3.63, 3.8) is 0 Å². The van der Waals surface area contributed by atoms with Gasteiger partial charge in [-0.05, 0) is 30.4 Å². The van der Waals surface area contributed by atoms with Gasteiger partial charge in [0, 0.05) is 19.4 Å². The van der Waals surface area contributed by atoms with E-state index in [9.17, 15) is 35.5 Å². The Balaban J connectivity index is 2.18. The summed E-state index contributed by atoms with van der Waals surface area (Å²) in [6.07, 6.45) is -10.0. The Hall–Kier alpha value is -3.20. The first kappa shape index (κ1) is 24.4. The van der Waals surface area contributed by atoms with Crippen LogP contribution in [-0.4, -0.2) is 32.7 Å². The predicted molar refractivity (Wildman–Crippen MR) is 102 cm³/mol. The molecule has 0 bridgehead atoms. The maximum atomic E-state index is 13.7. The summed E-state index contributed by atoms with van der Waals surface area (Å²) in [5.74, 6) is -3.65. The molecule has 16 heteroatoms. The van der Waals surface area contributed by atoms with E-state index in [1.165, 1.54) is 0 Å². The van der Waals surface area contributed by atoms with Crippen LogP contribution in [0.1, 0.15) is 11.3 Å². The lowest BCUT2D eigenvalue weighted by molar-refractivity contribution is -0.146. The zero-order valence-corrected chi connectivity index (χ0v) is 17.5. The molecule has 0 spiro atoms. The van der Waals surface area contributed by atoms with E-state index in [2.05, 4.69) is 15.0 Å². The first-order chi connectivity index (χ1) is 15.2. The molecule has 0 aliphatic heterocycles. The lowest BCUT2D eigenvalue weighted by Crippen LogP contribution is -2.31. The van der Waals surface area contributed by atoms with Crippen LogP contribution in [0.25, 0.3) is 5.82 Å². The molecular weight excluding hydrogens is 507 g/mol. The molecular formula is C17H9ClF7N5O2S. The summed E-state index contributed by atoms with van der Waals surface area (Å²) in [5.41, 5.74) is -3.83. The number of H-pyrrole nitrogens is 1. The molecule has 0 saturated heterocycles. The molecule has 0 fully saturated rings. The quantitative estimate of drug-likeness (QED) is 0.271. The SMILES string of the molecule is CN(C(=O)Oc1c(C(F)(F)F)cc(C(F)(F)F)nc1-n1cc[nH]c1=S)c1ccc(F)c(Cl)n1. The van der Waals surface area contributed by atoms with Crippen LogP contribution in [0.3, 0.4) is 0 Å². The summed E-state index contributed by atoms with van der Waals surface area (Å²) in [7, 11) is 1.01. The lowest BCUT2D eigenvalue weighted by atomic mass is 10.1. The lowest BCUT2D eigenvalue weighted by Gasteiger charge is -2.21. The van der Waals surface area contributed by atoms with E-state index in [0.29, 0.717) is 9.47 Å². The van der Waals surface area contributed by atoms with E-state index >= 15 is 0 Å². The Labute approximate surface area is 189 Å². The van der Waals surface area contributed by atoms with Crippen molar-refractivity contribution in [2.45, 2.75) is 12.4 Å². The second-order valence-electron chi connectivity index (χ2n) is 6.21. The van der Waals surface area contributed by atoms with Gasteiger partial charge in [-0.15, -0.1) is 0 Å². The van der Waals surface area contributed by atoms with Gasteiger partial charge in [0.05, 0.1) is 0 Å². The molecule has 3 rings (SSSR count). The van der Waals surface area contributed by atoms with Gasteiger partial charge in [-0.2, -0.15) is 26.3 Å². The van der Waals surface area contributed by atoms with Gasteiger partial charge in [0.25, 0.3) is 0 Å². The third-order valence-electron chi connectivity index (χ3n) is 4.02. The molecule has 7 nitrogen and oxygen atoms in total. The van der Waals surface area contributed by atoms with Crippen LogP contribution in [0.5, 0.6) is 5.75 Å². The summed E-state index contributed by atoms with van der Waals surface area (Å²) in [4.78, 5) is 22.2. The third kappa shape index (κ3) is 5.08. The first-order valence-electron chi connectivity index (χ1n) is 8.43. The van der Waals surface area contributed by atoms with Crippen LogP contribution in [-0.2, 0) is 12.4 Å². The summed E-state index contributed by atoms with van der Waals surface area (Å²) in [5, 5.41) is -0.640. The number of rotatable bonds is 3. The van der Waals surface area contributed by atoms with Gasteiger partial charge in [0.15, 0.2) is 27.3 Å². The number of anilines is 1. The van der Waals surface area contributed by atoms with Crippen molar-refractivity contribution in [2.24, 2.45) is 0 Å². The van der Waals surface area contributed by atoms with Gasteiger partial charge < -0.3 is 9.72 Å². The Morgan fingerprint density at radius 1 is 1.18 bits per heavy atom. The highest BCUT2D eigenvalue weighted by atomic mass is 35.5. The van der Waals surface area contributed by atoms with Gasteiger partial charge in [-0.25, -0.2) is 19.2 Å². The number of amides is 1. The summed E-state index contributed by atoms with van der Waals surface area (Å²) in [6, 6.07) is 1.51. The molecule has 0 aromatic carbocycles. The number of pyridine rings is 2. The molecule has 3 aromatic heterocycles. The highest BCUT2D eigenvalue weighted by molar-refractivity contribution is 7.71. The van der Waals surface area contributed by atoms with Crippen molar-refractivity contribution in [1.29, 1.82) is 0 Å². The van der Waals surface area contributed by atoms with Gasteiger partial charge in [0.1, 0.15) is 17.1 Å². The number of alkyl halides is 6. The molecule has 1 amide bonds. The Kier molecular flexibility index (Phi) is 6.39. The second kappa shape index (κ2) is 8.62. The minimum Gasteiger partial charge on any atom is -0.405 e. The molecule has 0 unspecified atom stereocenters. The third-order valence-corrected chi connectivity index (χ3v) is 4.60. The molecule has 0 radical (unpaired) electrons. The normalized spacial score (nSPS) is 12.0. The standard InChI is InChI=1S/C17H9ClF7N5O2S/c1-29(10-3-2-8(19)12(18)28-10)15(31)32-11-7(16(20,21)22)6-9(17(23,24)25)27-13(11)30-5-4-26-14(30)33/h2-6H,1H3,(H,26,33). The number of ether oxygens (including phenoxy) is 1. The molecule has 0 saturated carbocycles. The number of hydrogen-bond donors (Lipinski definition) is 1. The number of nitrogens with one attached hydrogen (secondary N) is 1. The van der Waals surface area contributed by atoms with Crippen molar-refractivity contribution in [1.82, 2.24) is 19.5 Å². The smallest absolute Gasteiger partial charge is 0.405 e. The van der Waals surface area contributed by atoms with Crippen molar-refractivity contribution in [3.05, 3.63) is 57.6 Å². The fourth-order valence-corrected chi connectivity index (χ4v) is 2.84.